The molecule has 88 valence electrons. The van der Waals surface area contributed by atoms with Crippen molar-refractivity contribution in [2.75, 3.05) is 5.73 Å². The number of rotatable bonds is 3. The van der Waals surface area contributed by atoms with Crippen molar-refractivity contribution < 1.29 is 5.11 Å². The molecule has 0 bridgehead atoms. The van der Waals surface area contributed by atoms with Crippen LogP contribution in [0.1, 0.15) is 17.4 Å². The Kier molecular flexibility index (Phi) is 3.71. The Morgan fingerprint density at radius 1 is 1.24 bits per heavy atom. The topological polar surface area (TPSA) is 72.0 Å². The second kappa shape index (κ2) is 5.25. The van der Waals surface area contributed by atoms with E-state index in [0.717, 1.165) is 10.0 Å². The van der Waals surface area contributed by atoms with Gasteiger partial charge in [0.25, 0.3) is 0 Å². The van der Waals surface area contributed by atoms with Crippen molar-refractivity contribution >= 4 is 21.7 Å². The molecule has 2 aromatic rings. The number of hydrogen-bond donors (Lipinski definition) is 2. The average Bonchev–Trinajstić information content (AvgIpc) is 2.32. The third kappa shape index (κ3) is 2.81. The van der Waals surface area contributed by atoms with Crippen LogP contribution in [0.15, 0.2) is 41.1 Å². The standard InChI is InChI=1S/C12H12BrN3O/c13-9-4-2-5-15-11(9)10(17)7-8-3-1-6-16-12(8)14/h1-6,10,17H,7H2,(H2,14,16). The molecule has 3 N–H and O–H groups in total. The Labute approximate surface area is 108 Å². The van der Waals surface area contributed by atoms with Crippen LogP contribution in [-0.4, -0.2) is 15.1 Å². The van der Waals surface area contributed by atoms with Gasteiger partial charge in [-0.3, -0.25) is 4.98 Å². The van der Waals surface area contributed by atoms with Crippen LogP contribution >= 0.6 is 15.9 Å². The third-order valence-corrected chi connectivity index (χ3v) is 3.11. The highest BCUT2D eigenvalue weighted by Crippen LogP contribution is 2.24. The highest BCUT2D eigenvalue weighted by molar-refractivity contribution is 9.10. The highest BCUT2D eigenvalue weighted by Gasteiger charge is 2.14. The second-order valence-electron chi connectivity index (χ2n) is 3.64. The van der Waals surface area contributed by atoms with Gasteiger partial charge in [-0.05, 0) is 39.7 Å². The third-order valence-electron chi connectivity index (χ3n) is 2.44. The van der Waals surface area contributed by atoms with Gasteiger partial charge in [-0.1, -0.05) is 6.07 Å². The van der Waals surface area contributed by atoms with Crippen LogP contribution < -0.4 is 5.73 Å². The molecule has 2 rings (SSSR count). The van der Waals surface area contributed by atoms with Crippen LogP contribution in [0.25, 0.3) is 0 Å². The number of aliphatic hydroxyl groups is 1. The maximum atomic E-state index is 10.1. The van der Waals surface area contributed by atoms with E-state index in [4.69, 9.17) is 5.73 Å². The van der Waals surface area contributed by atoms with Crippen molar-refractivity contribution in [1.29, 1.82) is 0 Å². The molecule has 5 heteroatoms. The van der Waals surface area contributed by atoms with Crippen LogP contribution in [0.4, 0.5) is 5.82 Å². The fourth-order valence-corrected chi connectivity index (χ4v) is 2.09. The minimum absolute atomic E-state index is 0.398. The minimum atomic E-state index is -0.697. The maximum Gasteiger partial charge on any atom is 0.126 e. The van der Waals surface area contributed by atoms with Gasteiger partial charge in [-0.15, -0.1) is 0 Å². The number of anilines is 1. The van der Waals surface area contributed by atoms with E-state index in [1.807, 2.05) is 12.1 Å². The van der Waals surface area contributed by atoms with E-state index < -0.39 is 6.10 Å². The molecule has 0 aromatic carbocycles. The Hall–Kier alpha value is -1.46. The SMILES string of the molecule is Nc1ncccc1CC(O)c1ncccc1Br. The summed E-state index contributed by atoms with van der Waals surface area (Å²) in [5.74, 6) is 0.443. The molecule has 4 nitrogen and oxygen atoms in total. The molecule has 2 aromatic heterocycles. The summed E-state index contributed by atoms with van der Waals surface area (Å²) in [6.07, 6.45) is 2.98. The van der Waals surface area contributed by atoms with Crippen LogP contribution in [0.3, 0.4) is 0 Å². The molecule has 0 spiro atoms. The fourth-order valence-electron chi connectivity index (χ4n) is 1.57. The van der Waals surface area contributed by atoms with Crippen molar-refractivity contribution in [3.63, 3.8) is 0 Å². The molecule has 0 amide bonds. The number of aromatic nitrogens is 2. The first-order chi connectivity index (χ1) is 8.18. The molecule has 0 aliphatic heterocycles. The molecule has 0 saturated heterocycles. The lowest BCUT2D eigenvalue weighted by atomic mass is 10.1. The molecule has 2 heterocycles. The van der Waals surface area contributed by atoms with Crippen molar-refractivity contribution in [1.82, 2.24) is 9.97 Å². The first-order valence-corrected chi connectivity index (χ1v) is 5.95. The van der Waals surface area contributed by atoms with Gasteiger partial charge in [-0.25, -0.2) is 4.98 Å². The van der Waals surface area contributed by atoms with Crippen LogP contribution in [0.2, 0.25) is 0 Å². The number of nitrogen functional groups attached to an aromatic ring is 1. The predicted octanol–water partition coefficient (Wildman–Crippen LogP) is 2.10. The van der Waals surface area contributed by atoms with E-state index in [2.05, 4.69) is 25.9 Å². The lowest BCUT2D eigenvalue weighted by molar-refractivity contribution is 0.173. The first kappa shape index (κ1) is 12.0. The monoisotopic (exact) mass is 293 g/mol. The van der Waals surface area contributed by atoms with Crippen LogP contribution in [0.5, 0.6) is 0 Å². The van der Waals surface area contributed by atoms with E-state index in [0.29, 0.717) is 17.9 Å². The molecule has 0 radical (unpaired) electrons. The lowest BCUT2D eigenvalue weighted by Gasteiger charge is -2.12. The van der Waals surface area contributed by atoms with E-state index >= 15 is 0 Å². The smallest absolute Gasteiger partial charge is 0.126 e. The van der Waals surface area contributed by atoms with Gasteiger partial charge in [0.15, 0.2) is 0 Å². The summed E-state index contributed by atoms with van der Waals surface area (Å²) in [6.45, 7) is 0. The van der Waals surface area contributed by atoms with Crippen molar-refractivity contribution in [3.8, 4) is 0 Å². The summed E-state index contributed by atoms with van der Waals surface area (Å²) in [6, 6.07) is 7.30. The summed E-state index contributed by atoms with van der Waals surface area (Å²) in [5, 5.41) is 10.1. The van der Waals surface area contributed by atoms with Crippen molar-refractivity contribution in [2.24, 2.45) is 0 Å². The van der Waals surface area contributed by atoms with Gasteiger partial charge < -0.3 is 10.8 Å². The summed E-state index contributed by atoms with van der Waals surface area (Å²) < 4.78 is 0.787. The molecule has 1 atom stereocenters. The summed E-state index contributed by atoms with van der Waals surface area (Å²) >= 11 is 3.36. The quantitative estimate of drug-likeness (QED) is 0.909. The van der Waals surface area contributed by atoms with E-state index in [1.165, 1.54) is 0 Å². The Morgan fingerprint density at radius 3 is 2.65 bits per heavy atom. The van der Waals surface area contributed by atoms with Crippen LogP contribution in [-0.2, 0) is 6.42 Å². The molecule has 0 saturated carbocycles. The largest absolute Gasteiger partial charge is 0.386 e. The second-order valence-corrected chi connectivity index (χ2v) is 4.49. The molecule has 1 unspecified atom stereocenters. The predicted molar refractivity (Wildman–Crippen MR) is 69.3 cm³/mol. The van der Waals surface area contributed by atoms with Gasteiger partial charge in [-0.2, -0.15) is 0 Å². The van der Waals surface area contributed by atoms with E-state index in [1.54, 1.807) is 24.5 Å². The molecular weight excluding hydrogens is 282 g/mol. The summed E-state index contributed by atoms with van der Waals surface area (Å²) in [7, 11) is 0. The molecule has 0 fully saturated rings. The number of pyridine rings is 2. The first-order valence-electron chi connectivity index (χ1n) is 5.16. The van der Waals surface area contributed by atoms with Gasteiger partial charge in [0.05, 0.1) is 5.69 Å². The molecular formula is C12H12BrN3O. The van der Waals surface area contributed by atoms with E-state index in [9.17, 15) is 5.11 Å². The maximum absolute atomic E-state index is 10.1. The number of hydrogen-bond acceptors (Lipinski definition) is 4. The molecule has 0 aliphatic carbocycles. The van der Waals surface area contributed by atoms with Crippen molar-refractivity contribution in [2.45, 2.75) is 12.5 Å². The van der Waals surface area contributed by atoms with Gasteiger partial charge in [0.1, 0.15) is 11.9 Å². The van der Waals surface area contributed by atoms with Crippen LogP contribution in [0, 0.1) is 0 Å². The lowest BCUT2D eigenvalue weighted by Crippen LogP contribution is -2.07. The Morgan fingerprint density at radius 2 is 1.94 bits per heavy atom. The number of halogens is 1. The van der Waals surface area contributed by atoms with Gasteiger partial charge in [0, 0.05) is 23.3 Å². The molecule has 0 aliphatic rings. The summed E-state index contributed by atoms with van der Waals surface area (Å²) in [5.41, 5.74) is 7.15. The minimum Gasteiger partial charge on any atom is -0.386 e. The Balaban J connectivity index is 2.20. The van der Waals surface area contributed by atoms with Crippen molar-refractivity contribution in [3.05, 3.63) is 52.4 Å². The summed E-state index contributed by atoms with van der Waals surface area (Å²) in [4.78, 5) is 8.13. The van der Waals surface area contributed by atoms with E-state index in [-0.39, 0.29) is 0 Å². The normalized spacial score (nSPS) is 12.4. The zero-order valence-corrected chi connectivity index (χ0v) is 10.6. The van der Waals surface area contributed by atoms with Gasteiger partial charge >= 0.3 is 0 Å². The van der Waals surface area contributed by atoms with Gasteiger partial charge in [0.2, 0.25) is 0 Å². The fraction of sp³-hybridized carbons (Fsp3) is 0.167. The highest BCUT2D eigenvalue weighted by atomic mass is 79.9. The number of nitrogens with zero attached hydrogens (tertiary/aromatic N) is 2. The number of nitrogens with two attached hydrogens (primary N) is 1. The Bertz CT molecular complexity index is 519. The average molecular weight is 294 g/mol. The molecule has 17 heavy (non-hydrogen) atoms. The number of aliphatic hydroxyl groups excluding tert-OH is 1. The zero-order chi connectivity index (χ0) is 12.3. The zero-order valence-electron chi connectivity index (χ0n) is 9.05.